The molecule has 4 aromatic rings. The minimum atomic E-state index is -0.298. The first kappa shape index (κ1) is 30.1. The van der Waals surface area contributed by atoms with Crippen LogP contribution in [-0.2, 0) is 4.79 Å². The normalized spacial score (nSPS) is 16.6. The predicted octanol–water partition coefficient (Wildman–Crippen LogP) is 5.16. The number of amides is 2. The number of carbonyl (C=O) groups excluding carboxylic acids is 3. The fourth-order valence-corrected chi connectivity index (χ4v) is 6.08. The number of ketones is 1. The van der Waals surface area contributed by atoms with Gasteiger partial charge in [-0.05, 0) is 67.7 Å². The SMILES string of the molecule is CN1CCN(c2ccc(NC=C3C(=O)Nc4cc(C(=O)c5cccc(NC(=O)c6ccc7c(c6)OCCN7C)c5)ccc43)cc2)CC1. The Morgan fingerprint density at radius 1 is 0.809 bits per heavy atom. The van der Waals surface area contributed by atoms with Crippen molar-refractivity contribution in [3.63, 3.8) is 0 Å². The van der Waals surface area contributed by atoms with E-state index in [1.54, 1.807) is 60.8 Å². The molecule has 0 aliphatic carbocycles. The summed E-state index contributed by atoms with van der Waals surface area (Å²) in [5.74, 6) is -0.0917. The van der Waals surface area contributed by atoms with Crippen LogP contribution in [0.4, 0.5) is 28.4 Å². The Kier molecular flexibility index (Phi) is 8.09. The van der Waals surface area contributed by atoms with Crippen molar-refractivity contribution in [3.05, 3.63) is 113 Å². The standard InChI is InChI=1S/C37H36N6O4/c1-41-14-16-43(17-15-41)29-10-8-27(9-11-29)38-23-31-30-12-6-25(21-32(30)40-37(31)46)35(44)24-4-3-5-28(20-24)39-36(45)26-7-13-33-34(22-26)47-19-18-42(33)2/h3-13,20-23,38H,14-19H2,1-2H3,(H,39,45)(H,40,46). The molecular weight excluding hydrogens is 592 g/mol. The van der Waals surface area contributed by atoms with Gasteiger partial charge in [0.25, 0.3) is 11.8 Å². The number of fused-ring (bicyclic) bond motifs is 2. The summed E-state index contributed by atoms with van der Waals surface area (Å²) in [5.41, 5.74) is 6.59. The summed E-state index contributed by atoms with van der Waals surface area (Å²) in [4.78, 5) is 46.2. The van der Waals surface area contributed by atoms with Gasteiger partial charge in [0.15, 0.2) is 5.78 Å². The molecule has 1 saturated heterocycles. The topological polar surface area (TPSA) is 106 Å². The van der Waals surface area contributed by atoms with Gasteiger partial charge in [-0.15, -0.1) is 0 Å². The first-order valence-electron chi connectivity index (χ1n) is 15.7. The molecule has 7 rings (SSSR count). The Morgan fingerprint density at radius 2 is 1.57 bits per heavy atom. The number of anilines is 5. The second-order valence-corrected chi connectivity index (χ2v) is 12.1. The summed E-state index contributed by atoms with van der Waals surface area (Å²) < 4.78 is 5.74. The second kappa shape index (κ2) is 12.6. The van der Waals surface area contributed by atoms with Gasteiger partial charge in [-0.3, -0.25) is 14.4 Å². The monoisotopic (exact) mass is 628 g/mol. The highest BCUT2D eigenvalue weighted by Gasteiger charge is 2.26. The number of ether oxygens (including phenoxy) is 1. The molecule has 10 heteroatoms. The highest BCUT2D eigenvalue weighted by molar-refractivity contribution is 6.32. The van der Waals surface area contributed by atoms with E-state index in [2.05, 4.69) is 49.8 Å². The van der Waals surface area contributed by atoms with E-state index in [0.29, 0.717) is 51.6 Å². The number of piperazine rings is 1. The lowest BCUT2D eigenvalue weighted by Gasteiger charge is -2.34. The lowest BCUT2D eigenvalue weighted by molar-refractivity contribution is -0.110. The van der Waals surface area contributed by atoms with Crippen LogP contribution in [0.25, 0.3) is 5.57 Å². The average molecular weight is 629 g/mol. The maximum absolute atomic E-state index is 13.5. The van der Waals surface area contributed by atoms with E-state index < -0.39 is 0 Å². The molecule has 3 aliphatic rings. The van der Waals surface area contributed by atoms with Gasteiger partial charge in [-0.2, -0.15) is 0 Å². The number of nitrogens with one attached hydrogen (secondary N) is 3. The van der Waals surface area contributed by atoms with Crippen LogP contribution in [0.3, 0.4) is 0 Å². The van der Waals surface area contributed by atoms with Crippen LogP contribution in [0, 0.1) is 0 Å². The van der Waals surface area contributed by atoms with Gasteiger partial charge in [-0.1, -0.05) is 24.3 Å². The molecule has 0 saturated carbocycles. The number of likely N-dealkylation sites (N-methyl/N-ethyl adjacent to an activating group) is 2. The smallest absolute Gasteiger partial charge is 0.257 e. The van der Waals surface area contributed by atoms with E-state index in [1.165, 1.54) is 5.69 Å². The van der Waals surface area contributed by atoms with Crippen LogP contribution >= 0.6 is 0 Å². The molecule has 0 unspecified atom stereocenters. The van der Waals surface area contributed by atoms with E-state index in [4.69, 9.17) is 4.74 Å². The Bertz CT molecular complexity index is 1900. The quantitative estimate of drug-likeness (QED) is 0.191. The van der Waals surface area contributed by atoms with Crippen molar-refractivity contribution in [2.75, 3.05) is 79.2 Å². The van der Waals surface area contributed by atoms with Crippen molar-refractivity contribution in [3.8, 4) is 5.75 Å². The van der Waals surface area contributed by atoms with Gasteiger partial charge in [-0.25, -0.2) is 0 Å². The molecule has 4 aromatic carbocycles. The summed E-state index contributed by atoms with van der Waals surface area (Å²) in [5, 5.41) is 9.02. The van der Waals surface area contributed by atoms with E-state index in [0.717, 1.165) is 44.1 Å². The minimum absolute atomic E-state index is 0.223. The van der Waals surface area contributed by atoms with Crippen LogP contribution in [-0.4, -0.2) is 75.9 Å². The Balaban J connectivity index is 1.02. The van der Waals surface area contributed by atoms with E-state index >= 15 is 0 Å². The van der Waals surface area contributed by atoms with Gasteiger partial charge in [0.2, 0.25) is 0 Å². The predicted molar refractivity (Wildman–Crippen MR) is 186 cm³/mol. The van der Waals surface area contributed by atoms with Crippen LogP contribution in [0.15, 0.2) is 91.1 Å². The van der Waals surface area contributed by atoms with Gasteiger partial charge in [0.05, 0.1) is 17.8 Å². The van der Waals surface area contributed by atoms with Crippen LogP contribution < -0.4 is 30.5 Å². The number of benzene rings is 4. The van der Waals surface area contributed by atoms with Crippen LogP contribution in [0.1, 0.15) is 31.8 Å². The molecular formula is C37H36N6O4. The first-order chi connectivity index (χ1) is 22.8. The second-order valence-electron chi connectivity index (χ2n) is 12.1. The zero-order valence-electron chi connectivity index (χ0n) is 26.4. The molecule has 1 fully saturated rings. The zero-order valence-corrected chi connectivity index (χ0v) is 26.4. The van der Waals surface area contributed by atoms with Gasteiger partial charge < -0.3 is 35.4 Å². The third-order valence-electron chi connectivity index (χ3n) is 8.88. The molecule has 0 spiro atoms. The third kappa shape index (κ3) is 6.28. The number of nitrogens with zero attached hydrogens (tertiary/aromatic N) is 3. The molecule has 10 nitrogen and oxygen atoms in total. The average Bonchev–Trinajstić information content (AvgIpc) is 3.41. The minimum Gasteiger partial charge on any atom is -0.490 e. The largest absolute Gasteiger partial charge is 0.490 e. The fourth-order valence-electron chi connectivity index (χ4n) is 6.08. The number of rotatable bonds is 7. The molecule has 0 atom stereocenters. The van der Waals surface area contributed by atoms with Crippen LogP contribution in [0.5, 0.6) is 5.75 Å². The summed E-state index contributed by atoms with van der Waals surface area (Å²) in [6.07, 6.45) is 1.70. The number of carbonyl (C=O) groups is 3. The molecule has 0 bridgehead atoms. The molecule has 238 valence electrons. The number of hydrogen-bond acceptors (Lipinski definition) is 8. The lowest BCUT2D eigenvalue weighted by Crippen LogP contribution is -2.44. The molecule has 0 radical (unpaired) electrons. The van der Waals surface area contributed by atoms with Crippen molar-refractivity contribution in [2.24, 2.45) is 0 Å². The van der Waals surface area contributed by atoms with Crippen molar-refractivity contribution in [1.82, 2.24) is 4.90 Å². The third-order valence-corrected chi connectivity index (χ3v) is 8.88. The maximum Gasteiger partial charge on any atom is 0.257 e. The van der Waals surface area contributed by atoms with E-state index in [-0.39, 0.29) is 17.6 Å². The Morgan fingerprint density at radius 3 is 2.38 bits per heavy atom. The van der Waals surface area contributed by atoms with Crippen LogP contribution in [0.2, 0.25) is 0 Å². The summed E-state index contributed by atoms with van der Waals surface area (Å²) in [7, 11) is 4.13. The van der Waals surface area contributed by atoms with Gasteiger partial charge >= 0.3 is 0 Å². The lowest BCUT2D eigenvalue weighted by atomic mass is 9.99. The summed E-state index contributed by atoms with van der Waals surface area (Å²) in [6.45, 7) is 5.44. The van der Waals surface area contributed by atoms with Crippen molar-refractivity contribution >= 4 is 51.6 Å². The first-order valence-corrected chi connectivity index (χ1v) is 15.7. The molecule has 0 aromatic heterocycles. The highest BCUT2D eigenvalue weighted by Crippen LogP contribution is 2.34. The number of hydrogen-bond donors (Lipinski definition) is 3. The highest BCUT2D eigenvalue weighted by atomic mass is 16.5. The zero-order chi connectivity index (χ0) is 32.5. The van der Waals surface area contributed by atoms with Gasteiger partial charge in [0, 0.05) is 84.4 Å². The maximum atomic E-state index is 13.5. The van der Waals surface area contributed by atoms with E-state index in [9.17, 15) is 14.4 Å². The Labute approximate surface area is 273 Å². The molecule has 3 aliphatic heterocycles. The van der Waals surface area contributed by atoms with Crippen molar-refractivity contribution in [2.45, 2.75) is 0 Å². The Hall–Kier alpha value is -5.61. The summed E-state index contributed by atoms with van der Waals surface area (Å²) in [6, 6.07) is 25.6. The fraction of sp³-hybridized carbons (Fsp3) is 0.216. The molecule has 47 heavy (non-hydrogen) atoms. The molecule has 2 amide bonds. The molecule has 3 heterocycles. The van der Waals surface area contributed by atoms with Gasteiger partial charge in [0.1, 0.15) is 12.4 Å². The van der Waals surface area contributed by atoms with Crippen molar-refractivity contribution < 1.29 is 19.1 Å². The van der Waals surface area contributed by atoms with Crippen molar-refractivity contribution in [1.29, 1.82) is 0 Å². The summed E-state index contributed by atoms with van der Waals surface area (Å²) >= 11 is 0. The molecule has 3 N–H and O–H groups in total. The van der Waals surface area contributed by atoms with E-state index in [1.807, 2.05) is 25.2 Å².